The predicted molar refractivity (Wildman–Crippen MR) is 133 cm³/mol. The molecule has 5 nitrogen and oxygen atoms in total. The van der Waals surface area contributed by atoms with Crippen molar-refractivity contribution in [2.45, 2.75) is 19.6 Å². The largest absolute Gasteiger partial charge is 0.457 e. The lowest BCUT2D eigenvalue weighted by atomic mass is 9.96. The Morgan fingerprint density at radius 2 is 1.69 bits per heavy atom. The number of carbonyl (C=O) groups excluding carboxylic acids is 1. The number of carbonyl (C=O) groups is 1. The molecule has 174 valence electrons. The highest BCUT2D eigenvalue weighted by Gasteiger charge is 2.33. The van der Waals surface area contributed by atoms with E-state index in [9.17, 15) is 14.0 Å². The third kappa shape index (κ3) is 4.63. The van der Waals surface area contributed by atoms with Crippen LogP contribution in [0.15, 0.2) is 106 Å². The van der Waals surface area contributed by atoms with E-state index >= 15 is 0 Å². The van der Waals surface area contributed by atoms with Crippen LogP contribution in [0.3, 0.4) is 0 Å². The van der Waals surface area contributed by atoms with Gasteiger partial charge in [-0.25, -0.2) is 14.2 Å². The van der Waals surface area contributed by atoms with Crippen molar-refractivity contribution >= 4 is 23.4 Å². The lowest BCUT2D eigenvalue weighted by Gasteiger charge is -2.24. The summed E-state index contributed by atoms with van der Waals surface area (Å²) in [5.74, 6) is -0.971. The second kappa shape index (κ2) is 9.64. The molecule has 1 unspecified atom stereocenters. The van der Waals surface area contributed by atoms with Crippen molar-refractivity contribution in [1.82, 2.24) is 4.57 Å². The second-order valence-electron chi connectivity index (χ2n) is 8.11. The van der Waals surface area contributed by atoms with Crippen LogP contribution in [0.1, 0.15) is 29.7 Å². The highest BCUT2D eigenvalue weighted by Crippen LogP contribution is 2.31. The van der Waals surface area contributed by atoms with E-state index in [0.717, 1.165) is 11.1 Å². The van der Waals surface area contributed by atoms with Crippen molar-refractivity contribution in [2.24, 2.45) is 4.99 Å². The number of aromatic nitrogens is 1. The number of hydrogen-bond acceptors (Lipinski definition) is 5. The van der Waals surface area contributed by atoms with Crippen molar-refractivity contribution in [1.29, 1.82) is 0 Å². The van der Waals surface area contributed by atoms with Crippen LogP contribution in [-0.2, 0) is 16.1 Å². The van der Waals surface area contributed by atoms with Gasteiger partial charge in [-0.3, -0.25) is 9.36 Å². The van der Waals surface area contributed by atoms with Gasteiger partial charge < -0.3 is 4.74 Å². The summed E-state index contributed by atoms with van der Waals surface area (Å²) in [6, 6.07) is 23.9. The van der Waals surface area contributed by atoms with Gasteiger partial charge in [-0.1, -0.05) is 84.1 Å². The van der Waals surface area contributed by atoms with Gasteiger partial charge in [-0.2, -0.15) is 0 Å². The van der Waals surface area contributed by atoms with Gasteiger partial charge in [0.25, 0.3) is 5.56 Å². The van der Waals surface area contributed by atoms with Gasteiger partial charge in [0.15, 0.2) is 4.80 Å². The molecule has 1 atom stereocenters. The molecule has 1 aliphatic heterocycles. The summed E-state index contributed by atoms with van der Waals surface area (Å²) >= 11 is 1.25. The lowest BCUT2D eigenvalue weighted by molar-refractivity contribution is -0.140. The Hall–Kier alpha value is -4.10. The number of benzene rings is 3. The molecule has 0 bridgehead atoms. The van der Waals surface area contributed by atoms with Gasteiger partial charge >= 0.3 is 5.97 Å². The average molecular weight is 485 g/mol. The molecule has 2 heterocycles. The van der Waals surface area contributed by atoms with Crippen LogP contribution in [0.5, 0.6) is 0 Å². The molecule has 0 amide bonds. The first-order chi connectivity index (χ1) is 17.0. The quantitative estimate of drug-likeness (QED) is 0.401. The lowest BCUT2D eigenvalue weighted by Crippen LogP contribution is -2.39. The maximum atomic E-state index is 13.7. The van der Waals surface area contributed by atoms with Crippen LogP contribution in [0, 0.1) is 5.82 Å². The smallest absolute Gasteiger partial charge is 0.338 e. The molecule has 0 aliphatic carbocycles. The maximum Gasteiger partial charge on any atom is 0.338 e. The molecule has 4 aromatic rings. The Morgan fingerprint density at radius 1 is 1.03 bits per heavy atom. The highest BCUT2D eigenvalue weighted by atomic mass is 32.1. The molecule has 5 rings (SSSR count). The number of thiazole rings is 1. The summed E-state index contributed by atoms with van der Waals surface area (Å²) in [6.07, 6.45) is 1.80. The van der Waals surface area contributed by atoms with Crippen molar-refractivity contribution in [2.75, 3.05) is 0 Å². The number of nitrogens with zero attached hydrogens (tertiary/aromatic N) is 2. The van der Waals surface area contributed by atoms with Crippen LogP contribution < -0.4 is 14.9 Å². The SMILES string of the molecule is CC1=C(C(=O)OCc2ccccc2)C(c2ccc(F)cc2)n2c(s/c(=C/c3ccccc3)c2=O)=N1. The minimum atomic E-state index is -0.784. The van der Waals surface area contributed by atoms with Crippen molar-refractivity contribution in [3.05, 3.63) is 138 Å². The summed E-state index contributed by atoms with van der Waals surface area (Å²) in [5.41, 5.74) is 2.77. The third-order valence-electron chi connectivity index (χ3n) is 5.74. The maximum absolute atomic E-state index is 13.7. The number of fused-ring (bicyclic) bond motifs is 1. The minimum absolute atomic E-state index is 0.0883. The van der Waals surface area contributed by atoms with Crippen molar-refractivity contribution in [3.63, 3.8) is 0 Å². The summed E-state index contributed by atoms with van der Waals surface area (Å²) in [7, 11) is 0. The molecule has 0 saturated heterocycles. The summed E-state index contributed by atoms with van der Waals surface area (Å²) in [4.78, 5) is 31.9. The fraction of sp³-hybridized carbons (Fsp3) is 0.107. The molecule has 1 aromatic heterocycles. The first-order valence-corrected chi connectivity index (χ1v) is 11.9. The van der Waals surface area contributed by atoms with Gasteiger partial charge in [-0.05, 0) is 41.8 Å². The molecule has 0 fully saturated rings. The molecule has 35 heavy (non-hydrogen) atoms. The van der Waals surface area contributed by atoms with E-state index < -0.39 is 17.8 Å². The number of ether oxygens (including phenoxy) is 1. The fourth-order valence-corrected chi connectivity index (χ4v) is 5.09. The standard InChI is InChI=1S/C28H21FN2O3S/c1-18-24(27(33)34-17-20-10-6-3-7-11-20)25(21-12-14-22(29)15-13-21)31-26(32)23(35-28(31)30-18)16-19-8-4-2-5-9-19/h2-16,25H,17H2,1H3/b23-16+. The van der Waals surface area contributed by atoms with Crippen molar-refractivity contribution < 1.29 is 13.9 Å². The zero-order valence-electron chi connectivity index (χ0n) is 18.9. The zero-order chi connectivity index (χ0) is 24.4. The normalized spacial score (nSPS) is 15.5. The summed E-state index contributed by atoms with van der Waals surface area (Å²) in [6.45, 7) is 1.81. The van der Waals surface area contributed by atoms with Gasteiger partial charge in [-0.15, -0.1) is 0 Å². The van der Waals surface area contributed by atoms with Crippen LogP contribution in [0.2, 0.25) is 0 Å². The second-order valence-corrected chi connectivity index (χ2v) is 9.11. The van der Waals surface area contributed by atoms with Crippen LogP contribution >= 0.6 is 11.3 Å². The van der Waals surface area contributed by atoms with Gasteiger partial charge in [0.1, 0.15) is 12.4 Å². The molecule has 7 heteroatoms. The Balaban J connectivity index is 1.61. The first-order valence-electron chi connectivity index (χ1n) is 11.1. The fourth-order valence-electron chi connectivity index (χ4n) is 4.04. The van der Waals surface area contributed by atoms with Gasteiger partial charge in [0.2, 0.25) is 0 Å². The molecular weight excluding hydrogens is 463 g/mol. The Morgan fingerprint density at radius 3 is 2.37 bits per heavy atom. The van der Waals surface area contributed by atoms with Crippen LogP contribution in [-0.4, -0.2) is 10.5 Å². The first kappa shape index (κ1) is 22.7. The topological polar surface area (TPSA) is 60.7 Å². The molecule has 1 aliphatic rings. The van der Waals surface area contributed by atoms with E-state index in [1.165, 1.54) is 28.0 Å². The Kier molecular flexibility index (Phi) is 6.25. The molecule has 0 saturated carbocycles. The highest BCUT2D eigenvalue weighted by molar-refractivity contribution is 7.07. The zero-order valence-corrected chi connectivity index (χ0v) is 19.7. The van der Waals surface area contributed by atoms with Crippen molar-refractivity contribution in [3.8, 4) is 0 Å². The number of rotatable bonds is 5. The van der Waals surface area contributed by atoms with E-state index in [0.29, 0.717) is 20.6 Å². The molecular formula is C28H21FN2O3S. The van der Waals surface area contributed by atoms with E-state index in [-0.39, 0.29) is 17.7 Å². The van der Waals surface area contributed by atoms with E-state index in [1.807, 2.05) is 60.7 Å². The molecule has 0 spiro atoms. The van der Waals surface area contributed by atoms with Gasteiger partial charge in [0, 0.05) is 0 Å². The molecule has 0 radical (unpaired) electrons. The third-order valence-corrected chi connectivity index (χ3v) is 6.72. The van der Waals surface area contributed by atoms with Gasteiger partial charge in [0.05, 0.1) is 21.8 Å². The molecule has 0 N–H and O–H groups in total. The van der Waals surface area contributed by atoms with E-state index in [1.54, 1.807) is 25.1 Å². The molecule has 3 aromatic carbocycles. The Bertz CT molecular complexity index is 1590. The number of halogens is 1. The number of esters is 1. The van der Waals surface area contributed by atoms with Crippen LogP contribution in [0.25, 0.3) is 6.08 Å². The number of hydrogen-bond donors (Lipinski definition) is 0. The average Bonchev–Trinajstić information content (AvgIpc) is 3.17. The van der Waals surface area contributed by atoms with E-state index in [4.69, 9.17) is 4.74 Å². The monoisotopic (exact) mass is 484 g/mol. The van der Waals surface area contributed by atoms with Crippen LogP contribution in [0.4, 0.5) is 4.39 Å². The number of allylic oxidation sites excluding steroid dienone is 1. The Labute approximate surface area is 204 Å². The summed E-state index contributed by atoms with van der Waals surface area (Å²) < 4.78 is 21.3. The predicted octanol–water partition coefficient (Wildman–Crippen LogP) is 4.12. The van der Waals surface area contributed by atoms with E-state index in [2.05, 4.69) is 4.99 Å². The summed E-state index contributed by atoms with van der Waals surface area (Å²) in [5, 5.41) is 0. The minimum Gasteiger partial charge on any atom is -0.457 e.